The van der Waals surface area contributed by atoms with Gasteiger partial charge in [-0.15, -0.1) is 0 Å². The lowest BCUT2D eigenvalue weighted by Crippen LogP contribution is -2.38. The molecule has 0 aliphatic heterocycles. The number of hydrogen-bond acceptors (Lipinski definition) is 4. The molecule has 0 saturated carbocycles. The van der Waals surface area contributed by atoms with E-state index in [1.807, 2.05) is 50.2 Å². The van der Waals surface area contributed by atoms with Crippen molar-refractivity contribution in [2.24, 2.45) is 5.92 Å². The third-order valence-corrected chi connectivity index (χ3v) is 5.52. The minimum absolute atomic E-state index is 0.0446. The van der Waals surface area contributed by atoms with E-state index in [-0.39, 0.29) is 24.4 Å². The molecule has 0 heterocycles. The van der Waals surface area contributed by atoms with Crippen LogP contribution in [0.4, 0.5) is 0 Å². The second-order valence-electron chi connectivity index (χ2n) is 8.78. The Bertz CT molecular complexity index is 791. The first-order chi connectivity index (χ1) is 14.2. The van der Waals surface area contributed by atoms with Gasteiger partial charge in [-0.2, -0.15) is 0 Å². The summed E-state index contributed by atoms with van der Waals surface area (Å²) in [6, 6.07) is 16.9. The summed E-state index contributed by atoms with van der Waals surface area (Å²) in [7, 11) is 0. The second-order valence-corrected chi connectivity index (χ2v) is 8.78. The minimum atomic E-state index is -0.245. The van der Waals surface area contributed by atoms with Crippen LogP contribution in [0.25, 0.3) is 0 Å². The van der Waals surface area contributed by atoms with Crippen LogP contribution < -0.4 is 4.74 Å². The average molecular weight is 412 g/mol. The summed E-state index contributed by atoms with van der Waals surface area (Å²) in [6.45, 7) is 13.4. The van der Waals surface area contributed by atoms with Crippen molar-refractivity contribution in [2.45, 2.75) is 72.6 Å². The van der Waals surface area contributed by atoms with E-state index in [0.29, 0.717) is 17.8 Å². The van der Waals surface area contributed by atoms with Crippen LogP contribution in [0.15, 0.2) is 48.5 Å². The van der Waals surface area contributed by atoms with Gasteiger partial charge in [-0.05, 0) is 63.9 Å². The molecule has 30 heavy (non-hydrogen) atoms. The fourth-order valence-electron chi connectivity index (χ4n) is 3.87. The summed E-state index contributed by atoms with van der Waals surface area (Å²) in [6.07, 6.45) is 0.890. The van der Waals surface area contributed by atoms with Crippen molar-refractivity contribution >= 4 is 5.97 Å². The van der Waals surface area contributed by atoms with Gasteiger partial charge < -0.3 is 9.84 Å². The standard InChI is InChI=1S/C26H37NO3/c1-18(2)26(29)30-25-13-12-21(17-28)16-24(25)23(22-10-8-7-9-11-22)14-15-27(19(3)4)20(5)6/h7-13,16,18-20,23,28H,14-15,17H2,1-6H3/t23-/m0/s1. The normalized spacial score (nSPS) is 12.8. The molecule has 2 aromatic carbocycles. The van der Waals surface area contributed by atoms with Crippen LogP contribution in [0, 0.1) is 5.92 Å². The van der Waals surface area contributed by atoms with Crippen molar-refractivity contribution in [3.8, 4) is 5.75 Å². The maximum atomic E-state index is 12.3. The van der Waals surface area contributed by atoms with E-state index in [2.05, 4.69) is 44.7 Å². The number of carbonyl (C=O) groups excluding carboxylic acids is 1. The topological polar surface area (TPSA) is 49.8 Å². The van der Waals surface area contributed by atoms with E-state index < -0.39 is 0 Å². The van der Waals surface area contributed by atoms with Gasteiger partial charge in [0.15, 0.2) is 0 Å². The van der Waals surface area contributed by atoms with Crippen molar-refractivity contribution in [3.63, 3.8) is 0 Å². The van der Waals surface area contributed by atoms with Crippen LogP contribution >= 0.6 is 0 Å². The predicted octanol–water partition coefficient (Wildman–Crippen LogP) is 5.38. The number of hydrogen-bond donors (Lipinski definition) is 1. The Labute approximate surface area is 181 Å². The fraction of sp³-hybridized carbons (Fsp3) is 0.500. The molecule has 0 unspecified atom stereocenters. The fourth-order valence-corrected chi connectivity index (χ4v) is 3.87. The third-order valence-electron chi connectivity index (χ3n) is 5.52. The molecule has 0 radical (unpaired) electrons. The van der Waals surface area contributed by atoms with Crippen molar-refractivity contribution in [3.05, 3.63) is 65.2 Å². The largest absolute Gasteiger partial charge is 0.426 e. The molecule has 0 spiro atoms. The van der Waals surface area contributed by atoms with Crippen LogP contribution in [-0.4, -0.2) is 34.6 Å². The number of aliphatic hydroxyl groups is 1. The molecule has 0 saturated heterocycles. The summed E-state index contributed by atoms with van der Waals surface area (Å²) in [5.74, 6) is 0.196. The summed E-state index contributed by atoms with van der Waals surface area (Å²) < 4.78 is 5.78. The minimum Gasteiger partial charge on any atom is -0.426 e. The Morgan fingerprint density at radius 1 is 0.967 bits per heavy atom. The lowest BCUT2D eigenvalue weighted by atomic mass is 9.86. The van der Waals surface area contributed by atoms with Crippen molar-refractivity contribution in [2.75, 3.05) is 6.54 Å². The molecule has 0 aliphatic rings. The van der Waals surface area contributed by atoms with Gasteiger partial charge in [0.2, 0.25) is 0 Å². The lowest BCUT2D eigenvalue weighted by molar-refractivity contribution is -0.137. The molecular formula is C26H37NO3. The summed E-state index contributed by atoms with van der Waals surface area (Å²) in [5, 5.41) is 9.72. The molecule has 0 aliphatic carbocycles. The zero-order valence-corrected chi connectivity index (χ0v) is 19.3. The quantitative estimate of drug-likeness (QED) is 0.421. The first kappa shape index (κ1) is 24.1. The van der Waals surface area contributed by atoms with Gasteiger partial charge in [-0.3, -0.25) is 9.69 Å². The lowest BCUT2D eigenvalue weighted by Gasteiger charge is -2.32. The number of benzene rings is 2. The van der Waals surface area contributed by atoms with E-state index in [9.17, 15) is 9.90 Å². The van der Waals surface area contributed by atoms with E-state index >= 15 is 0 Å². The summed E-state index contributed by atoms with van der Waals surface area (Å²) >= 11 is 0. The maximum Gasteiger partial charge on any atom is 0.313 e. The van der Waals surface area contributed by atoms with Crippen LogP contribution in [0.2, 0.25) is 0 Å². The Hall–Kier alpha value is -2.17. The van der Waals surface area contributed by atoms with Crippen LogP contribution in [-0.2, 0) is 11.4 Å². The number of nitrogens with zero attached hydrogens (tertiary/aromatic N) is 1. The van der Waals surface area contributed by atoms with Gasteiger partial charge in [-0.25, -0.2) is 0 Å². The van der Waals surface area contributed by atoms with Gasteiger partial charge in [-0.1, -0.05) is 50.2 Å². The molecule has 2 rings (SSSR count). The molecule has 4 nitrogen and oxygen atoms in total. The first-order valence-corrected chi connectivity index (χ1v) is 11.0. The zero-order chi connectivity index (χ0) is 22.3. The smallest absolute Gasteiger partial charge is 0.313 e. The zero-order valence-electron chi connectivity index (χ0n) is 19.3. The van der Waals surface area contributed by atoms with E-state index in [1.54, 1.807) is 0 Å². The third kappa shape index (κ3) is 6.41. The predicted molar refractivity (Wildman–Crippen MR) is 123 cm³/mol. The van der Waals surface area contributed by atoms with Crippen LogP contribution in [0.1, 0.15) is 70.6 Å². The Morgan fingerprint density at radius 3 is 2.13 bits per heavy atom. The van der Waals surface area contributed by atoms with Crippen molar-refractivity contribution in [1.82, 2.24) is 4.90 Å². The SMILES string of the molecule is CC(C)C(=O)Oc1ccc(CO)cc1[C@@H](CCN(C(C)C)C(C)C)c1ccccc1. The van der Waals surface area contributed by atoms with Gasteiger partial charge in [0.1, 0.15) is 5.75 Å². The average Bonchev–Trinajstić information content (AvgIpc) is 2.71. The van der Waals surface area contributed by atoms with Gasteiger partial charge in [0.05, 0.1) is 12.5 Å². The first-order valence-electron chi connectivity index (χ1n) is 11.0. The molecule has 4 heteroatoms. The van der Waals surface area contributed by atoms with Gasteiger partial charge >= 0.3 is 5.97 Å². The van der Waals surface area contributed by atoms with Gasteiger partial charge in [0.25, 0.3) is 0 Å². The Kier molecular flexibility index (Phi) is 9.07. The van der Waals surface area contributed by atoms with E-state index in [4.69, 9.17) is 4.74 Å². The molecule has 1 atom stereocenters. The number of carbonyl (C=O) groups is 1. The van der Waals surface area contributed by atoms with E-state index in [0.717, 1.165) is 24.1 Å². The summed E-state index contributed by atoms with van der Waals surface area (Å²) in [4.78, 5) is 14.8. The molecule has 164 valence electrons. The van der Waals surface area contributed by atoms with Crippen molar-refractivity contribution in [1.29, 1.82) is 0 Å². The number of ether oxygens (including phenoxy) is 1. The van der Waals surface area contributed by atoms with Crippen LogP contribution in [0.5, 0.6) is 5.75 Å². The molecular weight excluding hydrogens is 374 g/mol. The summed E-state index contributed by atoms with van der Waals surface area (Å²) in [5.41, 5.74) is 2.95. The Morgan fingerprint density at radius 2 is 1.60 bits per heavy atom. The highest BCUT2D eigenvalue weighted by atomic mass is 16.5. The monoisotopic (exact) mass is 411 g/mol. The second kappa shape index (κ2) is 11.3. The maximum absolute atomic E-state index is 12.3. The highest BCUT2D eigenvalue weighted by Gasteiger charge is 2.23. The number of aliphatic hydroxyl groups excluding tert-OH is 1. The highest BCUT2D eigenvalue weighted by molar-refractivity contribution is 5.75. The molecule has 2 aromatic rings. The molecule has 0 amide bonds. The number of esters is 1. The molecule has 0 aromatic heterocycles. The van der Waals surface area contributed by atoms with Crippen molar-refractivity contribution < 1.29 is 14.6 Å². The van der Waals surface area contributed by atoms with Crippen LogP contribution in [0.3, 0.4) is 0 Å². The molecule has 0 bridgehead atoms. The molecule has 0 fully saturated rings. The van der Waals surface area contributed by atoms with Gasteiger partial charge in [0, 0.05) is 23.6 Å². The van der Waals surface area contributed by atoms with E-state index in [1.165, 1.54) is 5.56 Å². The highest BCUT2D eigenvalue weighted by Crippen LogP contribution is 2.36. The Balaban J connectivity index is 2.48. The molecule has 1 N–H and O–H groups in total. The number of rotatable bonds is 10.